The lowest BCUT2D eigenvalue weighted by atomic mass is 10.1. The van der Waals surface area contributed by atoms with Gasteiger partial charge in [-0.2, -0.15) is 5.10 Å². The van der Waals surface area contributed by atoms with Crippen LogP contribution >= 0.6 is 35.6 Å². The number of guanidine groups is 1. The largest absolute Gasteiger partial charge is 0.496 e. The molecule has 1 atom stereocenters. The first-order valence-corrected chi connectivity index (χ1v) is 8.69. The highest BCUT2D eigenvalue weighted by atomic mass is 127. The third-order valence-corrected chi connectivity index (χ3v) is 4.45. The van der Waals surface area contributed by atoms with Gasteiger partial charge in [0, 0.05) is 30.7 Å². The number of benzene rings is 1. The molecule has 9 heteroatoms. The van der Waals surface area contributed by atoms with Crippen LogP contribution in [0, 0.1) is 6.92 Å². The molecule has 0 saturated heterocycles. The van der Waals surface area contributed by atoms with Crippen molar-refractivity contribution in [2.45, 2.75) is 38.9 Å². The lowest BCUT2D eigenvalue weighted by Crippen LogP contribution is -2.41. The van der Waals surface area contributed by atoms with E-state index in [4.69, 9.17) is 16.3 Å². The Balaban J connectivity index is 0.00000243. The molecule has 7 nitrogen and oxygen atoms in total. The summed E-state index contributed by atoms with van der Waals surface area (Å²) in [6.45, 7) is 3.42. The Hall–Kier alpha value is -1.55. The van der Waals surface area contributed by atoms with Crippen LogP contribution in [0.5, 0.6) is 5.75 Å². The SMILES string of the molecule is CN=C(NCc1ccc(Cl)cc1OC)NC1CCCn2nc(C)nc21.I. The number of hydrogen-bond donors (Lipinski definition) is 2. The first-order valence-electron chi connectivity index (χ1n) is 8.31. The van der Waals surface area contributed by atoms with Gasteiger partial charge in [0.2, 0.25) is 0 Å². The number of aryl methyl sites for hydroxylation is 2. The molecule has 1 unspecified atom stereocenters. The number of nitrogens with zero attached hydrogens (tertiary/aromatic N) is 4. The summed E-state index contributed by atoms with van der Waals surface area (Å²) < 4.78 is 7.36. The zero-order valence-electron chi connectivity index (χ0n) is 15.1. The first-order chi connectivity index (χ1) is 12.1. The summed E-state index contributed by atoms with van der Waals surface area (Å²) in [6, 6.07) is 5.71. The van der Waals surface area contributed by atoms with E-state index in [1.54, 1.807) is 20.2 Å². The highest BCUT2D eigenvalue weighted by molar-refractivity contribution is 14.0. The van der Waals surface area contributed by atoms with Crippen molar-refractivity contribution in [2.75, 3.05) is 14.2 Å². The quantitative estimate of drug-likeness (QED) is 0.391. The summed E-state index contributed by atoms with van der Waals surface area (Å²) in [5, 5.41) is 11.9. The van der Waals surface area contributed by atoms with Gasteiger partial charge in [0.05, 0.1) is 13.2 Å². The predicted octanol–water partition coefficient (Wildman–Crippen LogP) is 3.07. The van der Waals surface area contributed by atoms with Crippen LogP contribution in [-0.4, -0.2) is 34.9 Å². The molecule has 2 aromatic rings. The van der Waals surface area contributed by atoms with Gasteiger partial charge in [-0.1, -0.05) is 17.7 Å². The molecule has 26 heavy (non-hydrogen) atoms. The van der Waals surface area contributed by atoms with Gasteiger partial charge in [-0.15, -0.1) is 24.0 Å². The Morgan fingerprint density at radius 1 is 1.46 bits per heavy atom. The maximum atomic E-state index is 6.01. The van der Waals surface area contributed by atoms with E-state index in [1.165, 1.54) is 0 Å². The zero-order valence-corrected chi connectivity index (χ0v) is 18.2. The van der Waals surface area contributed by atoms with Gasteiger partial charge in [-0.3, -0.25) is 4.99 Å². The van der Waals surface area contributed by atoms with Crippen LogP contribution in [0.1, 0.15) is 36.1 Å². The van der Waals surface area contributed by atoms with E-state index in [1.807, 2.05) is 23.7 Å². The van der Waals surface area contributed by atoms with Gasteiger partial charge in [0.1, 0.15) is 17.4 Å². The average Bonchev–Trinajstić information content (AvgIpc) is 3.00. The van der Waals surface area contributed by atoms with Crippen LogP contribution in [-0.2, 0) is 13.1 Å². The molecule has 0 amide bonds. The number of nitrogens with one attached hydrogen (secondary N) is 2. The molecule has 0 aliphatic carbocycles. The van der Waals surface area contributed by atoms with E-state index in [0.29, 0.717) is 11.6 Å². The number of ether oxygens (including phenoxy) is 1. The standard InChI is InChI=1S/C17H23ClN6O.HI/c1-11-21-16-14(5-4-8-24(16)23-11)22-17(19-2)20-10-12-6-7-13(18)9-15(12)25-3;/h6-7,9,14H,4-5,8,10H2,1-3H3,(H2,19,20,22);1H. The van der Waals surface area contributed by atoms with Crippen molar-refractivity contribution in [2.24, 2.45) is 4.99 Å². The fourth-order valence-corrected chi connectivity index (χ4v) is 3.17. The van der Waals surface area contributed by atoms with Crippen molar-refractivity contribution < 1.29 is 4.74 Å². The highest BCUT2D eigenvalue weighted by Gasteiger charge is 2.24. The maximum absolute atomic E-state index is 6.01. The van der Waals surface area contributed by atoms with Crippen molar-refractivity contribution in [3.05, 3.63) is 40.4 Å². The number of hydrogen-bond acceptors (Lipinski definition) is 4. The summed E-state index contributed by atoms with van der Waals surface area (Å²) in [6.07, 6.45) is 2.07. The molecule has 0 bridgehead atoms. The molecule has 2 heterocycles. The van der Waals surface area contributed by atoms with Gasteiger partial charge in [0.25, 0.3) is 0 Å². The van der Waals surface area contributed by atoms with E-state index in [0.717, 1.165) is 48.3 Å². The number of halogens is 2. The van der Waals surface area contributed by atoms with Crippen LogP contribution in [0.4, 0.5) is 0 Å². The van der Waals surface area contributed by atoms with E-state index < -0.39 is 0 Å². The lowest BCUT2D eigenvalue weighted by Gasteiger charge is -2.25. The number of methoxy groups -OCH3 is 1. The third kappa shape index (κ3) is 4.79. The first kappa shape index (κ1) is 20.8. The maximum Gasteiger partial charge on any atom is 0.191 e. The Kier molecular flexibility index (Phi) is 7.51. The topological polar surface area (TPSA) is 76.4 Å². The normalized spacial score (nSPS) is 16.5. The van der Waals surface area contributed by atoms with Gasteiger partial charge in [-0.05, 0) is 31.9 Å². The minimum absolute atomic E-state index is 0. The Morgan fingerprint density at radius 2 is 2.27 bits per heavy atom. The molecule has 0 radical (unpaired) electrons. The fraction of sp³-hybridized carbons (Fsp3) is 0.471. The van der Waals surface area contributed by atoms with Crippen LogP contribution in [0.15, 0.2) is 23.2 Å². The monoisotopic (exact) mass is 490 g/mol. The van der Waals surface area contributed by atoms with Gasteiger partial charge in [0.15, 0.2) is 5.96 Å². The summed E-state index contributed by atoms with van der Waals surface area (Å²) >= 11 is 6.01. The minimum atomic E-state index is 0. The Morgan fingerprint density at radius 3 is 3.00 bits per heavy atom. The smallest absolute Gasteiger partial charge is 0.191 e. The Bertz CT molecular complexity index is 779. The molecule has 0 saturated carbocycles. The van der Waals surface area contributed by atoms with Crippen molar-refractivity contribution in [1.29, 1.82) is 0 Å². The van der Waals surface area contributed by atoms with Gasteiger partial charge < -0.3 is 15.4 Å². The predicted molar refractivity (Wildman–Crippen MR) is 113 cm³/mol. The second-order valence-corrected chi connectivity index (χ2v) is 6.40. The second-order valence-electron chi connectivity index (χ2n) is 5.96. The lowest BCUT2D eigenvalue weighted by molar-refractivity contribution is 0.397. The van der Waals surface area contributed by atoms with Crippen LogP contribution in [0.3, 0.4) is 0 Å². The van der Waals surface area contributed by atoms with Crippen LogP contribution < -0.4 is 15.4 Å². The molecule has 1 aliphatic rings. The van der Waals surface area contributed by atoms with E-state index >= 15 is 0 Å². The van der Waals surface area contributed by atoms with Crippen LogP contribution in [0.25, 0.3) is 0 Å². The molecule has 1 aromatic carbocycles. The molecule has 3 rings (SSSR count). The van der Waals surface area contributed by atoms with Crippen molar-refractivity contribution in [3.8, 4) is 5.75 Å². The Labute approximate surface area is 175 Å². The van der Waals surface area contributed by atoms with Crippen molar-refractivity contribution in [3.63, 3.8) is 0 Å². The third-order valence-electron chi connectivity index (χ3n) is 4.21. The average molecular weight is 491 g/mol. The second kappa shape index (κ2) is 9.40. The number of aromatic nitrogens is 3. The molecule has 2 N–H and O–H groups in total. The molecule has 0 fully saturated rings. The molecule has 1 aliphatic heterocycles. The number of fused-ring (bicyclic) bond motifs is 1. The van der Waals surface area contributed by atoms with Crippen molar-refractivity contribution in [1.82, 2.24) is 25.4 Å². The minimum Gasteiger partial charge on any atom is -0.496 e. The van der Waals surface area contributed by atoms with E-state index in [9.17, 15) is 0 Å². The summed E-state index contributed by atoms with van der Waals surface area (Å²) in [5.41, 5.74) is 1.01. The molecule has 142 valence electrons. The molecule has 1 aromatic heterocycles. The van der Waals surface area contributed by atoms with E-state index in [2.05, 4.69) is 25.7 Å². The van der Waals surface area contributed by atoms with Crippen LogP contribution in [0.2, 0.25) is 5.02 Å². The molecular weight excluding hydrogens is 467 g/mol. The van der Waals surface area contributed by atoms with E-state index in [-0.39, 0.29) is 30.0 Å². The van der Waals surface area contributed by atoms with Gasteiger partial charge in [-0.25, -0.2) is 9.67 Å². The molecular formula is C17H24ClIN6O. The summed E-state index contributed by atoms with van der Waals surface area (Å²) in [5.74, 6) is 3.24. The highest BCUT2D eigenvalue weighted by Crippen LogP contribution is 2.24. The number of aliphatic imine (C=N–C) groups is 1. The summed E-state index contributed by atoms with van der Waals surface area (Å²) in [4.78, 5) is 8.87. The zero-order chi connectivity index (χ0) is 17.8. The van der Waals surface area contributed by atoms with Gasteiger partial charge >= 0.3 is 0 Å². The summed E-state index contributed by atoms with van der Waals surface area (Å²) in [7, 11) is 3.40. The molecule has 0 spiro atoms. The fourth-order valence-electron chi connectivity index (χ4n) is 3.01. The number of rotatable bonds is 4. The van der Waals surface area contributed by atoms with Crippen molar-refractivity contribution >= 4 is 41.5 Å².